The zero-order valence-corrected chi connectivity index (χ0v) is 14.9. The van der Waals surface area contributed by atoms with Crippen LogP contribution >= 0.6 is 34.7 Å². The van der Waals surface area contributed by atoms with E-state index in [1.54, 1.807) is 17.5 Å². The molecule has 3 aromatic rings. The van der Waals surface area contributed by atoms with E-state index in [1.165, 1.54) is 11.8 Å². The molecular weight excluding hydrogens is 348 g/mol. The zero-order chi connectivity index (χ0) is 16.2. The highest BCUT2D eigenvalue weighted by Gasteiger charge is 2.08. The molecule has 0 unspecified atom stereocenters. The smallest absolute Gasteiger partial charge is 0.230 e. The average Bonchev–Trinajstić information content (AvgIpc) is 2.96. The van der Waals surface area contributed by atoms with Crippen LogP contribution in [0.1, 0.15) is 9.88 Å². The van der Waals surface area contributed by atoms with Crippen LogP contribution in [-0.4, -0.2) is 16.6 Å². The molecule has 0 saturated carbocycles. The summed E-state index contributed by atoms with van der Waals surface area (Å²) in [6, 6.07) is 11.8. The SMILES string of the molecule is Cc1ncc(CNC(=O)CSc2cccc3cccc(Cl)c23)s1. The maximum absolute atomic E-state index is 12.0. The average molecular weight is 363 g/mol. The van der Waals surface area contributed by atoms with E-state index < -0.39 is 0 Å². The van der Waals surface area contributed by atoms with Gasteiger partial charge < -0.3 is 5.32 Å². The lowest BCUT2D eigenvalue weighted by atomic mass is 10.1. The molecule has 0 saturated heterocycles. The summed E-state index contributed by atoms with van der Waals surface area (Å²) < 4.78 is 0. The Bertz CT molecular complexity index is 842. The van der Waals surface area contributed by atoms with E-state index in [0.717, 1.165) is 25.6 Å². The number of nitrogens with zero attached hydrogens (tertiary/aromatic N) is 1. The van der Waals surface area contributed by atoms with E-state index in [-0.39, 0.29) is 5.91 Å². The van der Waals surface area contributed by atoms with E-state index in [2.05, 4.69) is 10.3 Å². The molecule has 0 aliphatic rings. The molecule has 6 heteroatoms. The molecule has 0 spiro atoms. The first kappa shape index (κ1) is 16.3. The standard InChI is InChI=1S/C17H15ClN2OS2/c1-11-19-8-13(23-11)9-20-16(21)10-22-15-7-3-5-12-4-2-6-14(18)17(12)15/h2-8H,9-10H2,1H3,(H,20,21). The van der Waals surface area contributed by atoms with E-state index >= 15 is 0 Å². The molecule has 1 aromatic heterocycles. The van der Waals surface area contributed by atoms with Gasteiger partial charge in [0.1, 0.15) is 0 Å². The number of thiazole rings is 1. The zero-order valence-electron chi connectivity index (χ0n) is 12.5. The van der Waals surface area contributed by atoms with Crippen molar-refractivity contribution in [3.8, 4) is 0 Å². The van der Waals surface area contributed by atoms with Gasteiger partial charge in [0.05, 0.1) is 17.3 Å². The van der Waals surface area contributed by atoms with E-state index in [9.17, 15) is 4.79 Å². The number of nitrogens with one attached hydrogen (secondary N) is 1. The van der Waals surface area contributed by atoms with Crippen molar-refractivity contribution in [2.24, 2.45) is 0 Å². The largest absolute Gasteiger partial charge is 0.350 e. The van der Waals surface area contributed by atoms with Crippen molar-refractivity contribution in [3.05, 3.63) is 57.5 Å². The second-order valence-electron chi connectivity index (χ2n) is 5.01. The van der Waals surface area contributed by atoms with Gasteiger partial charge in [-0.1, -0.05) is 35.9 Å². The van der Waals surface area contributed by atoms with Gasteiger partial charge in [-0.2, -0.15) is 0 Å². The van der Waals surface area contributed by atoms with Crippen molar-refractivity contribution in [3.63, 3.8) is 0 Å². The Kier molecular flexibility index (Phi) is 5.20. The second-order valence-corrected chi connectivity index (χ2v) is 7.75. The molecule has 0 fully saturated rings. The number of carbonyl (C=O) groups excluding carboxylic acids is 1. The lowest BCUT2D eigenvalue weighted by Gasteiger charge is -2.08. The molecule has 118 valence electrons. The number of aromatic nitrogens is 1. The fourth-order valence-corrected chi connectivity index (χ4v) is 4.26. The summed E-state index contributed by atoms with van der Waals surface area (Å²) in [5, 5.41) is 6.74. The lowest BCUT2D eigenvalue weighted by molar-refractivity contribution is -0.118. The first-order chi connectivity index (χ1) is 11.1. The maximum Gasteiger partial charge on any atom is 0.230 e. The van der Waals surface area contributed by atoms with Gasteiger partial charge in [0.15, 0.2) is 0 Å². The van der Waals surface area contributed by atoms with Crippen LogP contribution in [0.15, 0.2) is 47.5 Å². The molecule has 1 amide bonds. The van der Waals surface area contributed by atoms with Crippen LogP contribution in [-0.2, 0) is 11.3 Å². The molecule has 3 rings (SSSR count). The first-order valence-electron chi connectivity index (χ1n) is 7.11. The van der Waals surface area contributed by atoms with Gasteiger partial charge in [-0.05, 0) is 24.4 Å². The fraction of sp³-hybridized carbons (Fsp3) is 0.176. The molecule has 0 aliphatic carbocycles. The summed E-state index contributed by atoms with van der Waals surface area (Å²) >= 11 is 9.40. The third-order valence-corrected chi connectivity index (χ3v) is 5.59. The molecule has 0 atom stereocenters. The fourth-order valence-electron chi connectivity index (χ4n) is 2.25. The number of aryl methyl sites for hydroxylation is 1. The van der Waals surface area contributed by atoms with Crippen LogP contribution in [0.25, 0.3) is 10.8 Å². The van der Waals surface area contributed by atoms with Crippen molar-refractivity contribution in [1.82, 2.24) is 10.3 Å². The summed E-state index contributed by atoms with van der Waals surface area (Å²) in [5.74, 6) is 0.368. The summed E-state index contributed by atoms with van der Waals surface area (Å²) in [7, 11) is 0. The summed E-state index contributed by atoms with van der Waals surface area (Å²) in [5.41, 5.74) is 0. The third-order valence-electron chi connectivity index (χ3n) is 3.30. The number of thioether (sulfide) groups is 1. The minimum absolute atomic E-state index is 0.00473. The maximum atomic E-state index is 12.0. The van der Waals surface area contributed by atoms with Crippen LogP contribution < -0.4 is 5.32 Å². The molecule has 0 radical (unpaired) electrons. The third kappa shape index (κ3) is 4.05. The molecule has 0 aliphatic heterocycles. The van der Waals surface area contributed by atoms with E-state index in [0.29, 0.717) is 17.3 Å². The molecule has 23 heavy (non-hydrogen) atoms. The molecule has 0 bridgehead atoms. The topological polar surface area (TPSA) is 42.0 Å². The molecule has 1 heterocycles. The van der Waals surface area contributed by atoms with Gasteiger partial charge in [-0.15, -0.1) is 23.1 Å². The minimum atomic E-state index is 0.00473. The van der Waals surface area contributed by atoms with Gasteiger partial charge >= 0.3 is 0 Å². The summed E-state index contributed by atoms with van der Waals surface area (Å²) in [4.78, 5) is 18.3. The van der Waals surface area contributed by atoms with Crippen LogP contribution in [0, 0.1) is 6.92 Å². The highest BCUT2D eigenvalue weighted by Crippen LogP contribution is 2.33. The molecular formula is C17H15ClN2OS2. The van der Waals surface area contributed by atoms with E-state index in [1.807, 2.05) is 43.3 Å². The number of hydrogen-bond donors (Lipinski definition) is 1. The van der Waals surface area contributed by atoms with Crippen LogP contribution in [0.5, 0.6) is 0 Å². The summed E-state index contributed by atoms with van der Waals surface area (Å²) in [6.07, 6.45) is 1.80. The van der Waals surface area contributed by atoms with Crippen molar-refractivity contribution in [2.75, 3.05) is 5.75 Å². The Hall–Kier alpha value is -1.56. The van der Waals surface area contributed by atoms with Gasteiger partial charge in [0.2, 0.25) is 5.91 Å². The Balaban J connectivity index is 1.63. The molecule has 2 aromatic carbocycles. The number of hydrogen-bond acceptors (Lipinski definition) is 4. The predicted molar refractivity (Wildman–Crippen MR) is 98.4 cm³/mol. The Morgan fingerprint density at radius 1 is 1.30 bits per heavy atom. The number of benzene rings is 2. The highest BCUT2D eigenvalue weighted by atomic mass is 35.5. The number of fused-ring (bicyclic) bond motifs is 1. The molecule has 3 nitrogen and oxygen atoms in total. The van der Waals surface area contributed by atoms with Gasteiger partial charge in [0.25, 0.3) is 0 Å². The first-order valence-corrected chi connectivity index (χ1v) is 9.29. The Labute approximate surface area is 148 Å². The number of halogens is 1. The predicted octanol–water partition coefficient (Wildman–Crippen LogP) is 4.67. The van der Waals surface area contributed by atoms with Crippen molar-refractivity contribution in [2.45, 2.75) is 18.4 Å². The Morgan fingerprint density at radius 2 is 2.09 bits per heavy atom. The van der Waals surface area contributed by atoms with Gasteiger partial charge in [0, 0.05) is 26.4 Å². The summed E-state index contributed by atoms with van der Waals surface area (Å²) in [6.45, 7) is 2.48. The molecule has 1 N–H and O–H groups in total. The number of amides is 1. The normalized spacial score (nSPS) is 10.9. The van der Waals surface area contributed by atoms with Crippen LogP contribution in [0.4, 0.5) is 0 Å². The van der Waals surface area contributed by atoms with Crippen molar-refractivity contribution < 1.29 is 4.79 Å². The highest BCUT2D eigenvalue weighted by molar-refractivity contribution is 8.00. The minimum Gasteiger partial charge on any atom is -0.350 e. The lowest BCUT2D eigenvalue weighted by Crippen LogP contribution is -2.24. The number of rotatable bonds is 5. The second kappa shape index (κ2) is 7.34. The van der Waals surface area contributed by atoms with Crippen LogP contribution in [0.3, 0.4) is 0 Å². The number of carbonyl (C=O) groups is 1. The van der Waals surface area contributed by atoms with Gasteiger partial charge in [-0.3, -0.25) is 4.79 Å². The van der Waals surface area contributed by atoms with E-state index in [4.69, 9.17) is 11.6 Å². The van der Waals surface area contributed by atoms with Crippen molar-refractivity contribution in [1.29, 1.82) is 0 Å². The monoisotopic (exact) mass is 362 g/mol. The van der Waals surface area contributed by atoms with Crippen molar-refractivity contribution >= 4 is 51.4 Å². The Morgan fingerprint density at radius 3 is 2.83 bits per heavy atom. The van der Waals surface area contributed by atoms with Crippen LogP contribution in [0.2, 0.25) is 5.02 Å². The quantitative estimate of drug-likeness (QED) is 0.671. The van der Waals surface area contributed by atoms with Gasteiger partial charge in [-0.25, -0.2) is 4.98 Å².